The van der Waals surface area contributed by atoms with Crippen molar-refractivity contribution in [3.8, 4) is 17.6 Å². The second-order valence-corrected chi connectivity index (χ2v) is 5.80. The lowest BCUT2D eigenvalue weighted by Gasteiger charge is -2.08. The highest BCUT2D eigenvalue weighted by Gasteiger charge is 2.15. The molecule has 0 aliphatic carbocycles. The molecule has 0 saturated carbocycles. The Morgan fingerprint density at radius 1 is 1.40 bits per heavy atom. The van der Waals surface area contributed by atoms with E-state index in [2.05, 4.69) is 16.6 Å². The van der Waals surface area contributed by atoms with E-state index in [1.54, 1.807) is 6.07 Å². The molecular weight excluding hydrogens is 278 g/mol. The molecule has 110 valence electrons. The minimum absolute atomic E-state index is 0.0363. The Bertz CT molecular complexity index is 599. The van der Waals surface area contributed by atoms with Crippen molar-refractivity contribution in [2.75, 3.05) is 20.3 Å². The van der Waals surface area contributed by atoms with Crippen molar-refractivity contribution in [2.24, 2.45) is 0 Å². The van der Waals surface area contributed by atoms with Gasteiger partial charge in [0.25, 0.3) is 0 Å². The molecule has 6 heteroatoms. The molecule has 0 fully saturated rings. The van der Waals surface area contributed by atoms with Crippen LogP contribution >= 0.6 is 0 Å². The van der Waals surface area contributed by atoms with Crippen LogP contribution in [0.4, 0.5) is 0 Å². The SMILES string of the molecule is CCCNS(=O)(=O)c1ccc(OC)c(C#CCCO)c1. The van der Waals surface area contributed by atoms with Gasteiger partial charge in [0.05, 0.1) is 24.2 Å². The van der Waals surface area contributed by atoms with Crippen LogP contribution in [0, 0.1) is 11.8 Å². The summed E-state index contributed by atoms with van der Waals surface area (Å²) < 4.78 is 31.7. The van der Waals surface area contributed by atoms with E-state index in [-0.39, 0.29) is 11.5 Å². The zero-order valence-electron chi connectivity index (χ0n) is 11.6. The Morgan fingerprint density at radius 3 is 2.75 bits per heavy atom. The van der Waals surface area contributed by atoms with Crippen LogP contribution in [0.5, 0.6) is 5.75 Å². The lowest BCUT2D eigenvalue weighted by atomic mass is 10.2. The second-order valence-electron chi connectivity index (χ2n) is 4.04. The number of aliphatic hydroxyl groups is 1. The first-order valence-corrected chi connectivity index (χ1v) is 7.81. The monoisotopic (exact) mass is 297 g/mol. The molecule has 2 N–H and O–H groups in total. The van der Waals surface area contributed by atoms with Gasteiger partial charge in [0.1, 0.15) is 5.75 Å². The fraction of sp³-hybridized carbons (Fsp3) is 0.429. The number of hydrogen-bond donors (Lipinski definition) is 2. The smallest absolute Gasteiger partial charge is 0.240 e. The maximum atomic E-state index is 12.0. The summed E-state index contributed by atoms with van der Waals surface area (Å²) in [5.74, 6) is 6.06. The Hall–Kier alpha value is -1.55. The van der Waals surface area contributed by atoms with Crippen molar-refractivity contribution in [1.29, 1.82) is 0 Å². The average Bonchev–Trinajstić information content (AvgIpc) is 2.45. The summed E-state index contributed by atoms with van der Waals surface area (Å²) in [6.45, 7) is 2.24. The van der Waals surface area contributed by atoms with Crippen LogP contribution in [0.2, 0.25) is 0 Å². The highest BCUT2D eigenvalue weighted by molar-refractivity contribution is 7.89. The Balaban J connectivity index is 3.13. The molecule has 0 atom stereocenters. The van der Waals surface area contributed by atoms with E-state index in [9.17, 15) is 8.42 Å². The molecule has 0 unspecified atom stereocenters. The number of nitrogens with one attached hydrogen (secondary N) is 1. The number of aliphatic hydroxyl groups excluding tert-OH is 1. The summed E-state index contributed by atoms with van der Waals surface area (Å²) in [7, 11) is -2.03. The Morgan fingerprint density at radius 2 is 2.15 bits per heavy atom. The molecule has 0 heterocycles. The number of benzene rings is 1. The van der Waals surface area contributed by atoms with Crippen LogP contribution in [0.3, 0.4) is 0 Å². The number of rotatable bonds is 6. The molecule has 0 spiro atoms. The number of methoxy groups -OCH3 is 1. The van der Waals surface area contributed by atoms with Crippen molar-refractivity contribution in [3.05, 3.63) is 23.8 Å². The van der Waals surface area contributed by atoms with Gasteiger partial charge in [-0.05, 0) is 24.6 Å². The maximum Gasteiger partial charge on any atom is 0.240 e. The first-order valence-electron chi connectivity index (χ1n) is 6.32. The second kappa shape index (κ2) is 7.90. The lowest BCUT2D eigenvalue weighted by molar-refractivity contribution is 0.305. The number of sulfonamides is 1. The fourth-order valence-corrected chi connectivity index (χ4v) is 2.65. The standard InChI is InChI=1S/C14H19NO4S/c1-3-9-15-20(17,18)13-7-8-14(19-2)12(11-13)6-4-5-10-16/h7-8,11,15-16H,3,5,9-10H2,1-2H3. The largest absolute Gasteiger partial charge is 0.495 e. The quantitative estimate of drug-likeness (QED) is 0.772. The van der Waals surface area contributed by atoms with Crippen LogP contribution in [-0.2, 0) is 10.0 Å². The highest BCUT2D eigenvalue weighted by Crippen LogP contribution is 2.21. The molecule has 0 radical (unpaired) electrons. The summed E-state index contributed by atoms with van der Waals surface area (Å²) in [5.41, 5.74) is 0.486. The minimum Gasteiger partial charge on any atom is -0.495 e. The van der Waals surface area contributed by atoms with Gasteiger partial charge in [0, 0.05) is 13.0 Å². The Kier molecular flexibility index (Phi) is 6.52. The zero-order valence-corrected chi connectivity index (χ0v) is 12.5. The van der Waals surface area contributed by atoms with Gasteiger partial charge in [0.15, 0.2) is 0 Å². The molecule has 0 amide bonds. The van der Waals surface area contributed by atoms with Crippen molar-refractivity contribution >= 4 is 10.0 Å². The molecule has 5 nitrogen and oxygen atoms in total. The molecule has 1 rings (SSSR count). The van der Waals surface area contributed by atoms with Crippen LogP contribution < -0.4 is 9.46 Å². The van der Waals surface area contributed by atoms with Crippen LogP contribution in [-0.4, -0.2) is 33.8 Å². The minimum atomic E-state index is -3.52. The molecule has 20 heavy (non-hydrogen) atoms. The molecule has 1 aromatic rings. The van der Waals surface area contributed by atoms with Gasteiger partial charge in [-0.1, -0.05) is 18.8 Å². The van der Waals surface area contributed by atoms with Gasteiger partial charge in [0.2, 0.25) is 10.0 Å². The maximum absolute atomic E-state index is 12.0. The molecule has 0 saturated heterocycles. The Labute approximate surface area is 120 Å². The number of ether oxygens (including phenoxy) is 1. The van der Waals surface area contributed by atoms with Gasteiger partial charge in [-0.2, -0.15) is 0 Å². The van der Waals surface area contributed by atoms with Crippen LogP contribution in [0.1, 0.15) is 25.3 Å². The molecule has 0 aliphatic rings. The van der Waals surface area contributed by atoms with Gasteiger partial charge < -0.3 is 9.84 Å². The summed E-state index contributed by atoms with van der Waals surface area (Å²) in [6, 6.07) is 4.53. The van der Waals surface area contributed by atoms with Crippen molar-refractivity contribution < 1.29 is 18.3 Å². The third kappa shape index (κ3) is 4.53. The van der Waals surface area contributed by atoms with E-state index in [0.717, 1.165) is 6.42 Å². The first kappa shape index (κ1) is 16.5. The third-order valence-electron chi connectivity index (χ3n) is 2.48. The predicted octanol–water partition coefficient (Wildman–Crippen LogP) is 1.12. The average molecular weight is 297 g/mol. The summed E-state index contributed by atoms with van der Waals surface area (Å²) in [6.07, 6.45) is 1.05. The fourth-order valence-electron chi connectivity index (χ4n) is 1.49. The van der Waals surface area contributed by atoms with E-state index < -0.39 is 10.0 Å². The molecular formula is C14H19NO4S. The van der Waals surface area contributed by atoms with Crippen molar-refractivity contribution in [2.45, 2.75) is 24.7 Å². The summed E-state index contributed by atoms with van der Waals surface area (Å²) >= 11 is 0. The summed E-state index contributed by atoms with van der Waals surface area (Å²) in [5, 5.41) is 8.71. The van der Waals surface area contributed by atoms with E-state index in [0.29, 0.717) is 24.3 Å². The molecule has 1 aromatic carbocycles. The zero-order chi connectivity index (χ0) is 15.0. The van der Waals surface area contributed by atoms with Crippen molar-refractivity contribution in [3.63, 3.8) is 0 Å². The lowest BCUT2D eigenvalue weighted by Crippen LogP contribution is -2.24. The van der Waals surface area contributed by atoms with Crippen LogP contribution in [0.25, 0.3) is 0 Å². The topological polar surface area (TPSA) is 75.6 Å². The molecule has 0 aliphatic heterocycles. The molecule has 0 aromatic heterocycles. The van der Waals surface area contributed by atoms with Gasteiger partial charge in [-0.15, -0.1) is 0 Å². The molecule has 0 bridgehead atoms. The van der Waals surface area contributed by atoms with Crippen LogP contribution in [0.15, 0.2) is 23.1 Å². The first-order chi connectivity index (χ1) is 9.55. The number of hydrogen-bond acceptors (Lipinski definition) is 4. The van der Waals surface area contributed by atoms with E-state index in [4.69, 9.17) is 9.84 Å². The highest BCUT2D eigenvalue weighted by atomic mass is 32.2. The summed E-state index contributed by atoms with van der Waals surface area (Å²) in [4.78, 5) is 0.153. The van der Waals surface area contributed by atoms with E-state index >= 15 is 0 Å². The normalized spacial score (nSPS) is 10.8. The van der Waals surface area contributed by atoms with Gasteiger partial charge in [-0.3, -0.25) is 0 Å². The third-order valence-corrected chi connectivity index (χ3v) is 3.94. The van der Waals surface area contributed by atoms with E-state index in [1.807, 2.05) is 6.92 Å². The van der Waals surface area contributed by atoms with Gasteiger partial charge in [-0.25, -0.2) is 13.1 Å². The van der Waals surface area contributed by atoms with Crippen molar-refractivity contribution in [1.82, 2.24) is 4.72 Å². The van der Waals surface area contributed by atoms with E-state index in [1.165, 1.54) is 19.2 Å². The van der Waals surface area contributed by atoms with Gasteiger partial charge >= 0.3 is 0 Å². The predicted molar refractivity (Wildman–Crippen MR) is 77.1 cm³/mol.